The van der Waals surface area contributed by atoms with E-state index in [0.29, 0.717) is 54.0 Å². The number of carbonyl (C=O) groups is 1. The number of nitro benzene ring substituents is 1. The van der Waals surface area contributed by atoms with Gasteiger partial charge in [0.15, 0.2) is 11.5 Å². The average Bonchev–Trinajstić information content (AvgIpc) is 2.72. The van der Waals surface area contributed by atoms with E-state index in [1.165, 1.54) is 20.3 Å². The number of anilines is 1. The number of hydrogen-bond acceptors (Lipinski definition) is 6. The number of methoxy groups -OCH3 is 2. The predicted molar refractivity (Wildman–Crippen MR) is 106 cm³/mol. The summed E-state index contributed by atoms with van der Waals surface area (Å²) in [6.07, 6.45) is 0. The summed E-state index contributed by atoms with van der Waals surface area (Å²) < 4.78 is 10.5. The highest BCUT2D eigenvalue weighted by Gasteiger charge is 2.27. The second kappa shape index (κ2) is 8.35. The average molecular weight is 406 g/mol. The Bertz CT molecular complexity index is 897. The molecule has 9 heteroatoms. The van der Waals surface area contributed by atoms with Crippen LogP contribution < -0.4 is 14.4 Å². The molecule has 1 heterocycles. The number of rotatable bonds is 5. The van der Waals surface area contributed by atoms with Crippen molar-refractivity contribution in [2.75, 3.05) is 45.3 Å². The van der Waals surface area contributed by atoms with Crippen LogP contribution in [0.25, 0.3) is 0 Å². The molecule has 3 rings (SSSR count). The van der Waals surface area contributed by atoms with Crippen molar-refractivity contribution < 1.29 is 19.2 Å². The quantitative estimate of drug-likeness (QED) is 0.560. The van der Waals surface area contributed by atoms with Crippen LogP contribution >= 0.6 is 11.6 Å². The minimum atomic E-state index is -0.390. The number of nitrogens with zero attached hydrogens (tertiary/aromatic N) is 3. The van der Waals surface area contributed by atoms with Crippen molar-refractivity contribution in [3.63, 3.8) is 0 Å². The summed E-state index contributed by atoms with van der Waals surface area (Å²) >= 11 is 6.20. The lowest BCUT2D eigenvalue weighted by atomic mass is 10.1. The number of benzene rings is 2. The maximum atomic E-state index is 12.9. The molecule has 0 bridgehead atoms. The van der Waals surface area contributed by atoms with Crippen LogP contribution in [-0.4, -0.2) is 56.1 Å². The fraction of sp³-hybridized carbons (Fsp3) is 0.316. The largest absolute Gasteiger partial charge is 0.493 e. The van der Waals surface area contributed by atoms with Crippen LogP contribution in [0.4, 0.5) is 11.4 Å². The van der Waals surface area contributed by atoms with Crippen molar-refractivity contribution in [2.45, 2.75) is 0 Å². The van der Waals surface area contributed by atoms with Gasteiger partial charge in [-0.2, -0.15) is 0 Å². The highest BCUT2D eigenvalue weighted by atomic mass is 35.5. The Hall–Kier alpha value is -3.00. The molecule has 1 aliphatic heterocycles. The van der Waals surface area contributed by atoms with E-state index < -0.39 is 4.92 Å². The molecule has 1 saturated heterocycles. The number of ether oxygens (including phenoxy) is 2. The lowest BCUT2D eigenvalue weighted by molar-refractivity contribution is -0.384. The van der Waals surface area contributed by atoms with Crippen molar-refractivity contribution in [3.8, 4) is 11.5 Å². The first-order valence-corrected chi connectivity index (χ1v) is 9.03. The summed E-state index contributed by atoms with van der Waals surface area (Å²) in [5.74, 6) is 0.587. The molecule has 2 aromatic carbocycles. The van der Waals surface area contributed by atoms with Crippen LogP contribution in [0, 0.1) is 10.1 Å². The van der Waals surface area contributed by atoms with Gasteiger partial charge >= 0.3 is 0 Å². The smallest absolute Gasteiger partial charge is 0.292 e. The molecular weight excluding hydrogens is 386 g/mol. The van der Waals surface area contributed by atoms with E-state index in [1.54, 1.807) is 35.2 Å². The van der Waals surface area contributed by atoms with Gasteiger partial charge in [-0.15, -0.1) is 0 Å². The maximum absolute atomic E-state index is 12.9. The van der Waals surface area contributed by atoms with Crippen LogP contribution in [0.1, 0.15) is 10.4 Å². The summed E-state index contributed by atoms with van der Waals surface area (Å²) in [6, 6.07) is 9.77. The third kappa shape index (κ3) is 3.82. The van der Waals surface area contributed by atoms with Gasteiger partial charge in [0.2, 0.25) is 0 Å². The first kappa shape index (κ1) is 19.8. The number of para-hydroxylation sites is 2. The molecular formula is C19H20ClN3O5. The molecule has 0 radical (unpaired) electrons. The van der Waals surface area contributed by atoms with Gasteiger partial charge in [-0.3, -0.25) is 14.9 Å². The Balaban J connectivity index is 1.74. The Morgan fingerprint density at radius 2 is 1.79 bits per heavy atom. The zero-order valence-electron chi connectivity index (χ0n) is 15.6. The molecule has 28 heavy (non-hydrogen) atoms. The molecule has 0 saturated carbocycles. The van der Waals surface area contributed by atoms with Crippen molar-refractivity contribution >= 4 is 28.9 Å². The van der Waals surface area contributed by atoms with E-state index in [2.05, 4.69) is 0 Å². The fourth-order valence-corrected chi connectivity index (χ4v) is 3.55. The Kier molecular flexibility index (Phi) is 5.89. The number of hydrogen-bond donors (Lipinski definition) is 0. The molecule has 148 valence electrons. The summed E-state index contributed by atoms with van der Waals surface area (Å²) in [5, 5.41) is 11.5. The molecule has 1 fully saturated rings. The van der Waals surface area contributed by atoms with Gasteiger partial charge in [0.05, 0.1) is 24.2 Å². The van der Waals surface area contributed by atoms with Gasteiger partial charge in [0, 0.05) is 37.8 Å². The van der Waals surface area contributed by atoms with Crippen molar-refractivity contribution in [3.05, 3.63) is 57.1 Å². The Morgan fingerprint density at radius 1 is 1.11 bits per heavy atom. The summed E-state index contributed by atoms with van der Waals surface area (Å²) in [6.45, 7) is 1.88. The number of piperazine rings is 1. The SMILES string of the molecule is COc1cc(C(=O)N2CCN(c3ccccc3[N+](=O)[O-])CC2)cc(Cl)c1OC. The standard InChI is InChI=1S/C19H20ClN3O5/c1-27-17-12-13(11-14(20)18(17)28-2)19(24)22-9-7-21(8-10-22)15-5-3-4-6-16(15)23(25)26/h3-6,11-12H,7-10H2,1-2H3. The highest BCUT2D eigenvalue weighted by molar-refractivity contribution is 6.32. The molecule has 0 aromatic heterocycles. The topological polar surface area (TPSA) is 85.2 Å². The molecule has 0 atom stereocenters. The summed E-state index contributed by atoms with van der Waals surface area (Å²) in [7, 11) is 2.96. The lowest BCUT2D eigenvalue weighted by Gasteiger charge is -2.35. The molecule has 1 amide bonds. The normalized spacial score (nSPS) is 14.0. The number of carbonyl (C=O) groups excluding carboxylic acids is 1. The lowest BCUT2D eigenvalue weighted by Crippen LogP contribution is -2.49. The van der Waals surface area contributed by atoms with Gasteiger partial charge in [-0.1, -0.05) is 23.7 Å². The molecule has 1 aliphatic rings. The fourth-order valence-electron chi connectivity index (χ4n) is 3.26. The van der Waals surface area contributed by atoms with Gasteiger partial charge in [0.25, 0.3) is 11.6 Å². The number of halogens is 1. The van der Waals surface area contributed by atoms with Crippen LogP contribution in [0.15, 0.2) is 36.4 Å². The molecule has 0 unspecified atom stereocenters. The maximum Gasteiger partial charge on any atom is 0.292 e. The third-order valence-corrected chi connectivity index (χ3v) is 4.95. The van der Waals surface area contributed by atoms with Gasteiger partial charge < -0.3 is 19.3 Å². The van der Waals surface area contributed by atoms with E-state index in [4.69, 9.17) is 21.1 Å². The van der Waals surface area contributed by atoms with Crippen molar-refractivity contribution in [2.24, 2.45) is 0 Å². The van der Waals surface area contributed by atoms with Crippen LogP contribution in [0.3, 0.4) is 0 Å². The van der Waals surface area contributed by atoms with E-state index in [9.17, 15) is 14.9 Å². The van der Waals surface area contributed by atoms with Crippen LogP contribution in [0.5, 0.6) is 11.5 Å². The zero-order valence-corrected chi connectivity index (χ0v) is 16.3. The van der Waals surface area contributed by atoms with E-state index in [0.717, 1.165) is 0 Å². The molecule has 0 aliphatic carbocycles. The zero-order chi connectivity index (χ0) is 20.3. The summed E-state index contributed by atoms with van der Waals surface area (Å²) in [4.78, 5) is 27.4. The minimum absolute atomic E-state index is 0.0638. The van der Waals surface area contributed by atoms with Crippen LogP contribution in [0.2, 0.25) is 5.02 Å². The minimum Gasteiger partial charge on any atom is -0.493 e. The Labute approximate surface area is 167 Å². The van der Waals surface area contributed by atoms with Crippen LogP contribution in [-0.2, 0) is 0 Å². The molecule has 2 aromatic rings. The van der Waals surface area contributed by atoms with Gasteiger partial charge in [-0.05, 0) is 18.2 Å². The third-order valence-electron chi connectivity index (χ3n) is 4.67. The van der Waals surface area contributed by atoms with E-state index in [-0.39, 0.29) is 11.6 Å². The monoisotopic (exact) mass is 405 g/mol. The number of nitro groups is 1. The molecule has 8 nitrogen and oxygen atoms in total. The first-order chi connectivity index (χ1) is 13.5. The van der Waals surface area contributed by atoms with Gasteiger partial charge in [0.1, 0.15) is 5.69 Å². The summed E-state index contributed by atoms with van der Waals surface area (Å²) in [5.41, 5.74) is 1.03. The van der Waals surface area contributed by atoms with E-state index in [1.807, 2.05) is 4.90 Å². The number of amides is 1. The molecule has 0 N–H and O–H groups in total. The predicted octanol–water partition coefficient (Wildman–Crippen LogP) is 3.23. The molecule has 0 spiro atoms. The first-order valence-electron chi connectivity index (χ1n) is 8.65. The second-order valence-electron chi connectivity index (χ2n) is 6.22. The second-order valence-corrected chi connectivity index (χ2v) is 6.63. The van der Waals surface area contributed by atoms with Crippen molar-refractivity contribution in [1.82, 2.24) is 4.90 Å². The highest BCUT2D eigenvalue weighted by Crippen LogP contribution is 2.36. The van der Waals surface area contributed by atoms with E-state index >= 15 is 0 Å². The van der Waals surface area contributed by atoms with Gasteiger partial charge in [-0.25, -0.2) is 0 Å². The van der Waals surface area contributed by atoms with Crippen molar-refractivity contribution in [1.29, 1.82) is 0 Å². The Morgan fingerprint density at radius 3 is 2.39 bits per heavy atom.